The zero-order valence-corrected chi connectivity index (χ0v) is 13.0. The van der Waals surface area contributed by atoms with Gasteiger partial charge >= 0.3 is 11.7 Å². The minimum atomic E-state index is -0.895. The molecule has 0 aliphatic rings. The van der Waals surface area contributed by atoms with Crippen molar-refractivity contribution in [2.24, 2.45) is 7.05 Å². The van der Waals surface area contributed by atoms with E-state index in [1.807, 2.05) is 19.1 Å². The number of aromatic amines is 1. The molecule has 2 aromatic heterocycles. The van der Waals surface area contributed by atoms with Gasteiger partial charge in [0.25, 0.3) is 5.56 Å². The second kappa shape index (κ2) is 6.65. The van der Waals surface area contributed by atoms with Crippen LogP contribution in [0.1, 0.15) is 13.3 Å². The smallest absolute Gasteiger partial charge is 0.329 e. The zero-order chi connectivity index (χ0) is 16.3. The Kier molecular flexibility index (Phi) is 4.86. The first-order chi connectivity index (χ1) is 10.5. The summed E-state index contributed by atoms with van der Waals surface area (Å²) in [6.07, 6.45) is 3.69. The average Bonchev–Trinajstić information content (AvgIpc) is 2.81. The number of thioether (sulfide) groups is 1. The molecule has 0 saturated carbocycles. The van der Waals surface area contributed by atoms with Gasteiger partial charge in [-0.3, -0.25) is 19.1 Å². The number of hydrogen-bond acceptors (Lipinski definition) is 5. The van der Waals surface area contributed by atoms with Crippen molar-refractivity contribution in [2.75, 3.05) is 5.75 Å². The van der Waals surface area contributed by atoms with E-state index in [0.29, 0.717) is 23.0 Å². The fourth-order valence-electron chi connectivity index (χ4n) is 1.93. The third kappa shape index (κ3) is 3.14. The van der Waals surface area contributed by atoms with Crippen LogP contribution in [-0.2, 0) is 18.4 Å². The first-order valence-corrected chi connectivity index (χ1v) is 7.59. The van der Waals surface area contributed by atoms with Gasteiger partial charge in [0.1, 0.15) is 0 Å². The summed E-state index contributed by atoms with van der Waals surface area (Å²) in [5, 5.41) is 9.23. The van der Waals surface area contributed by atoms with Crippen LogP contribution in [0.5, 0.6) is 0 Å². The van der Waals surface area contributed by atoms with Gasteiger partial charge in [-0.15, -0.1) is 0 Å². The molecule has 0 radical (unpaired) electrons. The first-order valence-electron chi connectivity index (χ1n) is 6.61. The van der Waals surface area contributed by atoms with Crippen LogP contribution in [-0.4, -0.2) is 35.9 Å². The van der Waals surface area contributed by atoms with E-state index < -0.39 is 17.2 Å². The summed E-state index contributed by atoms with van der Waals surface area (Å²) in [5.41, 5.74) is -0.440. The van der Waals surface area contributed by atoms with Crippen molar-refractivity contribution in [3.8, 4) is 0 Å². The summed E-state index contributed by atoms with van der Waals surface area (Å²) in [4.78, 5) is 40.9. The van der Waals surface area contributed by atoms with Crippen molar-refractivity contribution in [2.45, 2.75) is 25.0 Å². The van der Waals surface area contributed by atoms with E-state index >= 15 is 0 Å². The summed E-state index contributed by atoms with van der Waals surface area (Å²) < 4.78 is 2.95. The first kappa shape index (κ1) is 16.1. The SMILES string of the molecule is CC=CCn1c(SCCC(=O)O)nc2c1c(=O)[nH]c(=O)n2C. The van der Waals surface area contributed by atoms with Gasteiger partial charge in [-0.2, -0.15) is 0 Å². The molecule has 8 nitrogen and oxygen atoms in total. The van der Waals surface area contributed by atoms with Gasteiger partial charge in [0, 0.05) is 19.3 Å². The highest BCUT2D eigenvalue weighted by atomic mass is 32.2. The lowest BCUT2D eigenvalue weighted by molar-refractivity contribution is -0.136. The predicted molar refractivity (Wildman–Crippen MR) is 83.4 cm³/mol. The molecule has 0 atom stereocenters. The van der Waals surface area contributed by atoms with E-state index in [4.69, 9.17) is 5.11 Å². The topological polar surface area (TPSA) is 110 Å². The second-order valence-corrected chi connectivity index (χ2v) is 5.62. The number of fused-ring (bicyclic) bond motifs is 1. The van der Waals surface area contributed by atoms with Crippen LogP contribution < -0.4 is 11.2 Å². The number of imidazole rings is 1. The minimum Gasteiger partial charge on any atom is -0.481 e. The zero-order valence-electron chi connectivity index (χ0n) is 12.2. The van der Waals surface area contributed by atoms with Gasteiger partial charge in [0.05, 0.1) is 6.42 Å². The Morgan fingerprint density at radius 3 is 2.82 bits per heavy atom. The number of carbonyl (C=O) groups is 1. The molecule has 0 bridgehead atoms. The molecule has 22 heavy (non-hydrogen) atoms. The Labute approximate surface area is 129 Å². The molecular formula is C13H16N4O4S. The summed E-state index contributed by atoms with van der Waals surface area (Å²) in [5.74, 6) is -0.561. The van der Waals surface area contributed by atoms with E-state index in [1.165, 1.54) is 23.4 Å². The highest BCUT2D eigenvalue weighted by molar-refractivity contribution is 7.99. The number of allylic oxidation sites excluding steroid dienone is 2. The number of aliphatic carboxylic acids is 1. The largest absolute Gasteiger partial charge is 0.481 e. The molecule has 0 unspecified atom stereocenters. The molecule has 0 amide bonds. The second-order valence-electron chi connectivity index (χ2n) is 4.56. The normalized spacial score (nSPS) is 11.5. The maximum atomic E-state index is 12.1. The third-order valence-electron chi connectivity index (χ3n) is 3.04. The Morgan fingerprint density at radius 1 is 1.45 bits per heavy atom. The van der Waals surface area contributed by atoms with E-state index in [-0.39, 0.29) is 12.1 Å². The van der Waals surface area contributed by atoms with Gasteiger partial charge in [-0.05, 0) is 6.92 Å². The maximum absolute atomic E-state index is 12.1. The molecule has 0 spiro atoms. The summed E-state index contributed by atoms with van der Waals surface area (Å²) >= 11 is 1.24. The summed E-state index contributed by atoms with van der Waals surface area (Å²) in [6, 6.07) is 0. The molecule has 118 valence electrons. The third-order valence-corrected chi connectivity index (χ3v) is 4.02. The van der Waals surface area contributed by atoms with Gasteiger partial charge in [0.2, 0.25) is 0 Å². The lowest BCUT2D eigenvalue weighted by atomic mass is 10.4. The number of aryl methyl sites for hydroxylation is 1. The van der Waals surface area contributed by atoms with E-state index in [9.17, 15) is 14.4 Å². The maximum Gasteiger partial charge on any atom is 0.329 e. The molecule has 0 aromatic carbocycles. The quantitative estimate of drug-likeness (QED) is 0.593. The lowest BCUT2D eigenvalue weighted by Crippen LogP contribution is -2.29. The van der Waals surface area contributed by atoms with Crippen LogP contribution in [0, 0.1) is 0 Å². The Balaban J connectivity index is 2.56. The van der Waals surface area contributed by atoms with Crippen LogP contribution in [0.4, 0.5) is 0 Å². The predicted octanol–water partition coefficient (Wildman–Crippen LogP) is 0.566. The van der Waals surface area contributed by atoms with Crippen molar-refractivity contribution in [3.63, 3.8) is 0 Å². The molecule has 0 aliphatic heterocycles. The van der Waals surface area contributed by atoms with Gasteiger partial charge in [-0.25, -0.2) is 9.78 Å². The Morgan fingerprint density at radius 2 is 2.18 bits per heavy atom. The number of hydrogen-bond donors (Lipinski definition) is 2. The van der Waals surface area contributed by atoms with Crippen molar-refractivity contribution in [1.29, 1.82) is 0 Å². The van der Waals surface area contributed by atoms with Crippen LogP contribution in [0.3, 0.4) is 0 Å². The highest BCUT2D eigenvalue weighted by Gasteiger charge is 2.17. The number of H-pyrrole nitrogens is 1. The van der Waals surface area contributed by atoms with Gasteiger partial charge < -0.3 is 9.67 Å². The minimum absolute atomic E-state index is 0.00717. The molecule has 2 rings (SSSR count). The van der Waals surface area contributed by atoms with Crippen molar-refractivity contribution in [3.05, 3.63) is 33.0 Å². The van der Waals surface area contributed by atoms with Gasteiger partial charge in [-0.1, -0.05) is 23.9 Å². The van der Waals surface area contributed by atoms with E-state index in [0.717, 1.165) is 0 Å². The van der Waals surface area contributed by atoms with Crippen molar-refractivity contribution < 1.29 is 9.90 Å². The Hall–Kier alpha value is -2.29. The highest BCUT2D eigenvalue weighted by Crippen LogP contribution is 2.22. The number of nitrogens with zero attached hydrogens (tertiary/aromatic N) is 3. The Bertz CT molecular complexity index is 846. The standard InChI is InChI=1S/C13H16N4O4S/c1-3-4-6-17-9-10(16(2)12(21)15-11(9)20)14-13(17)22-7-5-8(18)19/h3-4H,5-7H2,1-2H3,(H,18,19)(H,15,20,21). The molecule has 0 fully saturated rings. The number of rotatable bonds is 6. The average molecular weight is 324 g/mol. The lowest BCUT2D eigenvalue weighted by Gasteiger charge is -2.04. The molecule has 9 heteroatoms. The molecule has 2 heterocycles. The van der Waals surface area contributed by atoms with E-state index in [1.54, 1.807) is 4.57 Å². The summed E-state index contributed by atoms with van der Waals surface area (Å²) in [7, 11) is 1.53. The van der Waals surface area contributed by atoms with Crippen LogP contribution in [0.2, 0.25) is 0 Å². The molecular weight excluding hydrogens is 308 g/mol. The van der Waals surface area contributed by atoms with Crippen LogP contribution in [0.15, 0.2) is 26.9 Å². The van der Waals surface area contributed by atoms with Crippen molar-refractivity contribution >= 4 is 28.9 Å². The molecule has 2 N–H and O–H groups in total. The molecule has 2 aromatic rings. The number of carboxylic acids is 1. The molecule has 0 saturated heterocycles. The summed E-state index contributed by atoms with van der Waals surface area (Å²) in [6.45, 7) is 2.28. The number of nitrogens with one attached hydrogen (secondary N) is 1. The van der Waals surface area contributed by atoms with E-state index in [2.05, 4.69) is 9.97 Å². The van der Waals surface area contributed by atoms with Gasteiger partial charge in [0.15, 0.2) is 16.3 Å². The monoisotopic (exact) mass is 324 g/mol. The molecule has 0 aliphatic carbocycles. The fourth-order valence-corrected chi connectivity index (χ4v) is 2.87. The number of carboxylic acid groups (broad SMARTS) is 1. The van der Waals surface area contributed by atoms with Crippen LogP contribution >= 0.6 is 11.8 Å². The van der Waals surface area contributed by atoms with Crippen molar-refractivity contribution in [1.82, 2.24) is 19.1 Å². The van der Waals surface area contributed by atoms with Crippen LogP contribution in [0.25, 0.3) is 11.2 Å². The number of aromatic nitrogens is 4. The fraction of sp³-hybridized carbons (Fsp3) is 0.385.